The summed E-state index contributed by atoms with van der Waals surface area (Å²) in [6.45, 7) is 0.823. The molecule has 0 heterocycles. The van der Waals surface area contributed by atoms with Crippen molar-refractivity contribution in [3.8, 4) is 0 Å². The summed E-state index contributed by atoms with van der Waals surface area (Å²) in [5.74, 6) is -1.55. The molecule has 2 atom stereocenters. The topological polar surface area (TPSA) is 29.3 Å². The molecule has 0 saturated heterocycles. The second kappa shape index (κ2) is 6.44. The third kappa shape index (κ3) is 3.74. The first-order valence-electron chi connectivity index (χ1n) is 6.97. The molecule has 0 bridgehead atoms. The average molecular weight is 268 g/mol. The largest absolute Gasteiger partial charge is 0.326 e. The Balaban J connectivity index is 1.88. The molecular formula is C15H22F2N2. The van der Waals surface area contributed by atoms with E-state index in [1.54, 1.807) is 6.07 Å². The van der Waals surface area contributed by atoms with E-state index in [4.69, 9.17) is 5.73 Å². The van der Waals surface area contributed by atoms with E-state index in [9.17, 15) is 8.78 Å². The van der Waals surface area contributed by atoms with Gasteiger partial charge in [-0.15, -0.1) is 0 Å². The Labute approximate surface area is 113 Å². The van der Waals surface area contributed by atoms with Crippen LogP contribution in [0.3, 0.4) is 0 Å². The van der Waals surface area contributed by atoms with E-state index in [0.29, 0.717) is 6.04 Å². The van der Waals surface area contributed by atoms with Crippen LogP contribution in [0.2, 0.25) is 0 Å². The fourth-order valence-corrected chi connectivity index (χ4v) is 2.85. The third-order valence-electron chi connectivity index (χ3n) is 4.08. The lowest BCUT2D eigenvalue weighted by Crippen LogP contribution is -2.48. The van der Waals surface area contributed by atoms with E-state index in [-0.39, 0.29) is 6.04 Å². The molecule has 1 aromatic rings. The summed E-state index contributed by atoms with van der Waals surface area (Å²) in [5, 5.41) is 0. The van der Waals surface area contributed by atoms with Gasteiger partial charge < -0.3 is 10.6 Å². The molecule has 19 heavy (non-hydrogen) atoms. The number of nitrogens with two attached hydrogens (primary N) is 1. The standard InChI is InChI=1S/C15H22F2N2/c1-19(15-5-3-2-4-14(15)18)9-8-11-6-7-12(16)13(17)10-11/h6-7,10,14-15H,2-5,8-9,18H2,1H3. The highest BCUT2D eigenvalue weighted by Gasteiger charge is 2.24. The highest BCUT2D eigenvalue weighted by atomic mass is 19.2. The zero-order chi connectivity index (χ0) is 13.8. The first-order chi connectivity index (χ1) is 9.08. The van der Waals surface area contributed by atoms with E-state index in [0.717, 1.165) is 31.4 Å². The maximum Gasteiger partial charge on any atom is 0.159 e. The van der Waals surface area contributed by atoms with Crippen molar-refractivity contribution >= 4 is 0 Å². The minimum absolute atomic E-state index is 0.240. The Bertz CT molecular complexity index is 423. The Hall–Kier alpha value is -1.00. The van der Waals surface area contributed by atoms with Gasteiger partial charge in [0.1, 0.15) is 0 Å². The fourth-order valence-electron chi connectivity index (χ4n) is 2.85. The van der Waals surface area contributed by atoms with Gasteiger partial charge in [0.15, 0.2) is 11.6 Å². The maximum absolute atomic E-state index is 13.1. The number of hydrogen-bond acceptors (Lipinski definition) is 2. The van der Waals surface area contributed by atoms with Crippen LogP contribution in [0.4, 0.5) is 8.78 Å². The predicted octanol–water partition coefficient (Wildman–Crippen LogP) is 2.71. The lowest BCUT2D eigenvalue weighted by Gasteiger charge is -2.36. The van der Waals surface area contributed by atoms with Crippen molar-refractivity contribution in [1.29, 1.82) is 0 Å². The quantitative estimate of drug-likeness (QED) is 0.909. The van der Waals surface area contributed by atoms with Crippen molar-refractivity contribution in [2.75, 3.05) is 13.6 Å². The van der Waals surface area contributed by atoms with Gasteiger partial charge in [0.25, 0.3) is 0 Å². The van der Waals surface area contributed by atoms with Crippen molar-refractivity contribution in [2.45, 2.75) is 44.2 Å². The smallest absolute Gasteiger partial charge is 0.159 e. The van der Waals surface area contributed by atoms with Crippen molar-refractivity contribution in [2.24, 2.45) is 5.73 Å². The summed E-state index contributed by atoms with van der Waals surface area (Å²) in [5.41, 5.74) is 6.97. The molecule has 0 radical (unpaired) electrons. The molecule has 0 aliphatic heterocycles. The van der Waals surface area contributed by atoms with Crippen LogP contribution in [0, 0.1) is 11.6 Å². The van der Waals surface area contributed by atoms with Gasteiger partial charge in [-0.2, -0.15) is 0 Å². The zero-order valence-electron chi connectivity index (χ0n) is 11.4. The highest BCUT2D eigenvalue weighted by Crippen LogP contribution is 2.21. The van der Waals surface area contributed by atoms with Crippen LogP contribution in [0.1, 0.15) is 31.2 Å². The molecule has 0 spiro atoms. The second-order valence-corrected chi connectivity index (χ2v) is 5.49. The Morgan fingerprint density at radius 1 is 1.21 bits per heavy atom. The molecule has 1 aliphatic rings. The molecule has 2 N–H and O–H groups in total. The first kappa shape index (κ1) is 14.4. The van der Waals surface area contributed by atoms with Crippen LogP contribution in [0.5, 0.6) is 0 Å². The minimum Gasteiger partial charge on any atom is -0.326 e. The molecule has 1 fully saturated rings. The van der Waals surface area contributed by atoms with E-state index in [1.165, 1.54) is 25.0 Å². The summed E-state index contributed by atoms with van der Waals surface area (Å²) >= 11 is 0. The molecule has 1 aliphatic carbocycles. The molecule has 4 heteroatoms. The summed E-state index contributed by atoms with van der Waals surface area (Å²) < 4.78 is 25.9. The summed E-state index contributed by atoms with van der Waals surface area (Å²) in [6, 6.07) is 4.77. The first-order valence-corrected chi connectivity index (χ1v) is 6.97. The summed E-state index contributed by atoms with van der Waals surface area (Å²) in [7, 11) is 2.07. The van der Waals surface area contributed by atoms with Gasteiger partial charge >= 0.3 is 0 Å². The van der Waals surface area contributed by atoms with Gasteiger partial charge in [-0.1, -0.05) is 18.9 Å². The van der Waals surface area contributed by atoms with Crippen molar-refractivity contribution in [1.82, 2.24) is 4.90 Å². The summed E-state index contributed by atoms with van der Waals surface area (Å²) in [4.78, 5) is 2.26. The Kier molecular flexibility index (Phi) is 4.88. The molecule has 2 nitrogen and oxygen atoms in total. The molecule has 2 rings (SSSR count). The monoisotopic (exact) mass is 268 g/mol. The maximum atomic E-state index is 13.1. The SMILES string of the molecule is CN(CCc1ccc(F)c(F)c1)C1CCCCC1N. The molecule has 2 unspecified atom stereocenters. The lowest BCUT2D eigenvalue weighted by molar-refractivity contribution is 0.170. The number of hydrogen-bond donors (Lipinski definition) is 1. The lowest BCUT2D eigenvalue weighted by atomic mass is 9.90. The van der Waals surface area contributed by atoms with Crippen LogP contribution >= 0.6 is 0 Å². The summed E-state index contributed by atoms with van der Waals surface area (Å²) in [6.07, 6.45) is 5.38. The molecule has 0 amide bonds. The molecule has 1 saturated carbocycles. The second-order valence-electron chi connectivity index (χ2n) is 5.49. The van der Waals surface area contributed by atoms with Gasteiger partial charge in [0.05, 0.1) is 0 Å². The predicted molar refractivity (Wildman–Crippen MR) is 72.9 cm³/mol. The Morgan fingerprint density at radius 2 is 1.95 bits per heavy atom. The number of likely N-dealkylation sites (N-methyl/N-ethyl adjacent to an activating group) is 1. The number of rotatable bonds is 4. The zero-order valence-corrected chi connectivity index (χ0v) is 11.4. The average Bonchev–Trinajstić information content (AvgIpc) is 2.40. The van der Waals surface area contributed by atoms with E-state index >= 15 is 0 Å². The van der Waals surface area contributed by atoms with Crippen LogP contribution in [-0.2, 0) is 6.42 Å². The van der Waals surface area contributed by atoms with Crippen LogP contribution in [0.15, 0.2) is 18.2 Å². The van der Waals surface area contributed by atoms with E-state index in [1.807, 2.05) is 0 Å². The van der Waals surface area contributed by atoms with E-state index in [2.05, 4.69) is 11.9 Å². The fraction of sp³-hybridized carbons (Fsp3) is 0.600. The van der Waals surface area contributed by atoms with Gasteiger partial charge in [-0.05, 0) is 44.0 Å². The van der Waals surface area contributed by atoms with Gasteiger partial charge in [-0.3, -0.25) is 0 Å². The van der Waals surface area contributed by atoms with Crippen LogP contribution in [-0.4, -0.2) is 30.6 Å². The highest BCUT2D eigenvalue weighted by molar-refractivity contribution is 5.18. The molecular weight excluding hydrogens is 246 g/mol. The van der Waals surface area contributed by atoms with Crippen molar-refractivity contribution in [3.63, 3.8) is 0 Å². The van der Waals surface area contributed by atoms with Crippen molar-refractivity contribution < 1.29 is 8.78 Å². The van der Waals surface area contributed by atoms with Crippen LogP contribution < -0.4 is 5.73 Å². The minimum atomic E-state index is -0.786. The third-order valence-corrected chi connectivity index (χ3v) is 4.08. The van der Waals surface area contributed by atoms with Gasteiger partial charge in [0, 0.05) is 18.6 Å². The number of nitrogens with zero attached hydrogens (tertiary/aromatic N) is 1. The van der Waals surface area contributed by atoms with Gasteiger partial charge in [0.2, 0.25) is 0 Å². The molecule has 0 aromatic heterocycles. The molecule has 1 aromatic carbocycles. The number of benzene rings is 1. The van der Waals surface area contributed by atoms with Crippen LogP contribution in [0.25, 0.3) is 0 Å². The Morgan fingerprint density at radius 3 is 2.63 bits per heavy atom. The van der Waals surface area contributed by atoms with Crippen molar-refractivity contribution in [3.05, 3.63) is 35.4 Å². The van der Waals surface area contributed by atoms with E-state index < -0.39 is 11.6 Å². The van der Waals surface area contributed by atoms with Gasteiger partial charge in [-0.25, -0.2) is 8.78 Å². The molecule has 106 valence electrons. The number of halogens is 2. The normalized spacial score (nSPS) is 23.8.